The maximum absolute atomic E-state index is 13.5. The number of nitrogens with zero attached hydrogens (tertiary/aromatic N) is 1. The van der Waals surface area contributed by atoms with E-state index in [1.807, 2.05) is 12.1 Å². The molecule has 0 bridgehead atoms. The van der Waals surface area contributed by atoms with Crippen LogP contribution in [-0.4, -0.2) is 47.2 Å². The molecule has 0 saturated carbocycles. The molecule has 34 heavy (non-hydrogen) atoms. The first-order valence-corrected chi connectivity index (χ1v) is 11.9. The lowest BCUT2D eigenvalue weighted by atomic mass is 10.2. The number of sulfonamides is 1. The lowest BCUT2D eigenvalue weighted by molar-refractivity contribution is -0.120. The number of fused-ring (bicyclic) bond motifs is 1. The summed E-state index contributed by atoms with van der Waals surface area (Å²) in [6.45, 7) is -0.152. The van der Waals surface area contributed by atoms with Crippen molar-refractivity contribution in [2.75, 3.05) is 31.1 Å². The summed E-state index contributed by atoms with van der Waals surface area (Å²) in [5.74, 6) is 0.607. The summed E-state index contributed by atoms with van der Waals surface area (Å²) in [7, 11) is -2.66. The molecule has 1 atom stereocenters. The molecule has 0 saturated heterocycles. The molecule has 178 valence electrons. The molecule has 3 aromatic carbocycles. The Bertz CT molecular complexity index is 1250. The van der Waals surface area contributed by atoms with Crippen molar-refractivity contribution in [3.8, 4) is 17.2 Å². The van der Waals surface area contributed by atoms with E-state index >= 15 is 0 Å². The molecule has 1 aliphatic heterocycles. The van der Waals surface area contributed by atoms with Gasteiger partial charge in [-0.15, -0.1) is 0 Å². The Kier molecular flexibility index (Phi) is 6.87. The zero-order valence-corrected chi connectivity index (χ0v) is 19.1. The van der Waals surface area contributed by atoms with Crippen molar-refractivity contribution in [3.63, 3.8) is 0 Å². The molecule has 1 aliphatic rings. The Labute approximate surface area is 196 Å². The maximum atomic E-state index is 13.5. The quantitative estimate of drug-likeness (QED) is 0.526. The number of nitrogens with one attached hydrogen (secondary N) is 1. The van der Waals surface area contributed by atoms with Crippen LogP contribution in [0.5, 0.6) is 17.2 Å². The zero-order chi connectivity index (χ0) is 24.1. The predicted octanol–water partition coefficient (Wildman–Crippen LogP) is 2.99. The van der Waals surface area contributed by atoms with Crippen molar-refractivity contribution >= 4 is 21.6 Å². The largest absolute Gasteiger partial charge is 0.497 e. The van der Waals surface area contributed by atoms with E-state index < -0.39 is 34.4 Å². The lowest BCUT2D eigenvalue weighted by Gasteiger charge is -2.27. The molecule has 0 radical (unpaired) electrons. The van der Waals surface area contributed by atoms with Gasteiger partial charge in [0.1, 0.15) is 30.8 Å². The number of rotatable bonds is 8. The smallest absolute Gasteiger partial charge is 0.264 e. The molecule has 1 amide bonds. The van der Waals surface area contributed by atoms with Crippen molar-refractivity contribution in [2.45, 2.75) is 11.0 Å². The monoisotopic (exact) mass is 486 g/mol. The van der Waals surface area contributed by atoms with Crippen LogP contribution in [0.1, 0.15) is 0 Å². The highest BCUT2D eigenvalue weighted by Gasteiger charge is 2.28. The molecular formula is C24H23FN2O6S. The van der Waals surface area contributed by atoms with Gasteiger partial charge in [-0.1, -0.05) is 12.1 Å². The van der Waals surface area contributed by atoms with Crippen molar-refractivity contribution in [3.05, 3.63) is 78.6 Å². The number of ether oxygens (including phenoxy) is 3. The Morgan fingerprint density at radius 2 is 1.74 bits per heavy atom. The number of hydrogen-bond acceptors (Lipinski definition) is 6. The van der Waals surface area contributed by atoms with Crippen LogP contribution in [-0.2, 0) is 14.8 Å². The van der Waals surface area contributed by atoms with E-state index in [0.29, 0.717) is 17.2 Å². The first-order chi connectivity index (χ1) is 16.4. The molecule has 1 heterocycles. The van der Waals surface area contributed by atoms with Crippen LogP contribution in [0.15, 0.2) is 77.7 Å². The predicted molar refractivity (Wildman–Crippen MR) is 123 cm³/mol. The van der Waals surface area contributed by atoms with Gasteiger partial charge in [0, 0.05) is 0 Å². The number of hydrogen-bond donors (Lipinski definition) is 1. The van der Waals surface area contributed by atoms with Crippen LogP contribution in [0.25, 0.3) is 0 Å². The number of benzene rings is 3. The number of methoxy groups -OCH3 is 1. The van der Waals surface area contributed by atoms with E-state index in [1.54, 1.807) is 12.1 Å². The van der Waals surface area contributed by atoms with Gasteiger partial charge in [-0.05, 0) is 60.7 Å². The Morgan fingerprint density at radius 3 is 2.41 bits per heavy atom. The average Bonchev–Trinajstić information content (AvgIpc) is 2.86. The molecule has 4 rings (SSSR count). The summed E-state index contributed by atoms with van der Waals surface area (Å²) >= 11 is 0. The Hall–Kier alpha value is -3.79. The molecule has 10 heteroatoms. The summed E-state index contributed by atoms with van der Waals surface area (Å²) in [5.41, 5.74) is 0.151. The van der Waals surface area contributed by atoms with E-state index in [2.05, 4.69) is 5.32 Å². The van der Waals surface area contributed by atoms with Gasteiger partial charge in [-0.25, -0.2) is 12.8 Å². The molecule has 0 aliphatic carbocycles. The highest BCUT2D eigenvalue weighted by Crippen LogP contribution is 2.30. The van der Waals surface area contributed by atoms with Crippen molar-refractivity contribution in [1.82, 2.24) is 5.32 Å². The molecule has 8 nitrogen and oxygen atoms in total. The third kappa shape index (κ3) is 5.23. The fourth-order valence-corrected chi connectivity index (χ4v) is 4.80. The summed E-state index contributed by atoms with van der Waals surface area (Å²) in [6, 6.07) is 17.9. The van der Waals surface area contributed by atoms with Gasteiger partial charge >= 0.3 is 0 Å². The number of carbonyl (C=O) groups is 1. The van der Waals surface area contributed by atoms with E-state index in [9.17, 15) is 17.6 Å². The number of halogens is 1. The minimum Gasteiger partial charge on any atom is -0.497 e. The molecular weight excluding hydrogens is 463 g/mol. The number of para-hydroxylation sites is 2. The van der Waals surface area contributed by atoms with Crippen LogP contribution in [0.3, 0.4) is 0 Å². The van der Waals surface area contributed by atoms with Crippen LogP contribution < -0.4 is 23.8 Å². The number of amides is 1. The minimum atomic E-state index is -4.13. The van der Waals surface area contributed by atoms with Crippen molar-refractivity contribution in [2.24, 2.45) is 0 Å². The standard InChI is InChI=1S/C24H23FN2O6S/c1-31-19-10-12-21(13-11-19)34(29,30)27(18-8-6-17(25)7-9-18)15-24(28)26-14-20-16-32-22-4-2-3-5-23(22)33-20/h2-13,20H,14-16H2,1H3,(H,26,28). The van der Waals surface area contributed by atoms with E-state index in [-0.39, 0.29) is 23.7 Å². The molecule has 0 spiro atoms. The topological polar surface area (TPSA) is 94.2 Å². The fraction of sp³-hybridized carbons (Fsp3) is 0.208. The van der Waals surface area contributed by atoms with Gasteiger partial charge in [-0.2, -0.15) is 0 Å². The zero-order valence-electron chi connectivity index (χ0n) is 18.3. The summed E-state index contributed by atoms with van der Waals surface area (Å²) in [5, 5.41) is 2.69. The van der Waals surface area contributed by atoms with Gasteiger partial charge < -0.3 is 19.5 Å². The molecule has 3 aromatic rings. The first kappa shape index (κ1) is 23.4. The summed E-state index contributed by atoms with van der Waals surface area (Å²) in [4.78, 5) is 12.7. The SMILES string of the molecule is COc1ccc(S(=O)(=O)N(CC(=O)NCC2COc3ccccc3O2)c2ccc(F)cc2)cc1. The van der Waals surface area contributed by atoms with Gasteiger partial charge in [0.05, 0.1) is 24.2 Å². The second kappa shape index (κ2) is 10.0. The van der Waals surface area contributed by atoms with Gasteiger partial charge in [-0.3, -0.25) is 9.10 Å². The van der Waals surface area contributed by atoms with Gasteiger partial charge in [0.15, 0.2) is 11.5 Å². The normalized spacial score (nSPS) is 14.8. The van der Waals surface area contributed by atoms with E-state index in [0.717, 1.165) is 16.4 Å². The number of carbonyl (C=O) groups excluding carboxylic acids is 1. The van der Waals surface area contributed by atoms with Crippen LogP contribution in [0.2, 0.25) is 0 Å². The van der Waals surface area contributed by atoms with Gasteiger partial charge in [0.2, 0.25) is 5.91 Å². The second-order valence-corrected chi connectivity index (χ2v) is 9.33. The highest BCUT2D eigenvalue weighted by atomic mass is 32.2. The third-order valence-electron chi connectivity index (χ3n) is 5.14. The third-order valence-corrected chi connectivity index (χ3v) is 6.93. The molecule has 0 fully saturated rings. The van der Waals surface area contributed by atoms with Crippen LogP contribution >= 0.6 is 0 Å². The van der Waals surface area contributed by atoms with Crippen LogP contribution in [0, 0.1) is 5.82 Å². The van der Waals surface area contributed by atoms with Gasteiger partial charge in [0.25, 0.3) is 10.0 Å². The highest BCUT2D eigenvalue weighted by molar-refractivity contribution is 7.92. The first-order valence-electron chi connectivity index (χ1n) is 10.4. The van der Waals surface area contributed by atoms with Crippen molar-refractivity contribution in [1.29, 1.82) is 0 Å². The van der Waals surface area contributed by atoms with E-state index in [1.165, 1.54) is 43.5 Å². The Balaban J connectivity index is 1.49. The van der Waals surface area contributed by atoms with Crippen molar-refractivity contribution < 1.29 is 31.8 Å². The molecule has 0 aromatic heterocycles. The molecule has 1 N–H and O–H groups in total. The molecule has 1 unspecified atom stereocenters. The van der Waals surface area contributed by atoms with E-state index in [4.69, 9.17) is 14.2 Å². The number of anilines is 1. The average molecular weight is 487 g/mol. The van der Waals surface area contributed by atoms with Crippen LogP contribution in [0.4, 0.5) is 10.1 Å². The minimum absolute atomic E-state index is 0.0361. The lowest BCUT2D eigenvalue weighted by Crippen LogP contribution is -2.45. The fourth-order valence-electron chi connectivity index (χ4n) is 3.38. The summed E-state index contributed by atoms with van der Waals surface area (Å²) < 4.78 is 57.6. The summed E-state index contributed by atoms with van der Waals surface area (Å²) in [6.07, 6.45) is -0.434. The Morgan fingerprint density at radius 1 is 1.06 bits per heavy atom. The maximum Gasteiger partial charge on any atom is 0.264 e. The second-order valence-electron chi connectivity index (χ2n) is 7.47.